The molecule has 4 aromatic rings. The van der Waals surface area contributed by atoms with Crippen LogP contribution in [-0.4, -0.2) is 17.5 Å². The molecule has 0 aromatic heterocycles. The van der Waals surface area contributed by atoms with E-state index in [1.54, 1.807) is 0 Å². The van der Waals surface area contributed by atoms with Gasteiger partial charge in [-0.3, -0.25) is 0 Å². The van der Waals surface area contributed by atoms with Crippen LogP contribution < -0.4 is 0 Å². The maximum Gasteiger partial charge on any atom is 0.149 e. The number of allylic oxidation sites excluding steroid dienone is 3. The second kappa shape index (κ2) is 5.28. The molecule has 0 heterocycles. The van der Waals surface area contributed by atoms with E-state index in [1.165, 1.54) is 32.3 Å². The lowest BCUT2D eigenvalue weighted by atomic mass is 9.75. The van der Waals surface area contributed by atoms with Crippen molar-refractivity contribution >= 4 is 44.2 Å². The predicted octanol–water partition coefficient (Wildman–Crippen LogP) is 4.96. The second-order valence-electron chi connectivity index (χ2n) is 7.78. The van der Waals surface area contributed by atoms with Crippen LogP contribution in [0.1, 0.15) is 5.56 Å². The van der Waals surface area contributed by atoms with Gasteiger partial charge in [0.2, 0.25) is 0 Å². The van der Waals surface area contributed by atoms with Gasteiger partial charge in [0.1, 0.15) is 12.4 Å². The van der Waals surface area contributed by atoms with E-state index >= 15 is 0 Å². The van der Waals surface area contributed by atoms with Crippen LogP contribution in [0, 0.1) is 17.8 Å². The number of fused-ring (bicyclic) bond motifs is 1. The summed E-state index contributed by atoms with van der Waals surface area (Å²) in [5.41, 5.74) is 2.25. The topological polar surface area (TPSA) is 37.3 Å². The van der Waals surface area contributed by atoms with Gasteiger partial charge in [0, 0.05) is 11.8 Å². The van der Waals surface area contributed by atoms with E-state index in [4.69, 9.17) is 0 Å². The number of hydrogen-bond donors (Lipinski definition) is 1. The molecule has 0 amide bonds. The lowest BCUT2D eigenvalue weighted by Crippen LogP contribution is -2.31. The molecular weight excluding hydrogens is 332 g/mol. The van der Waals surface area contributed by atoms with Crippen molar-refractivity contribution in [2.24, 2.45) is 17.8 Å². The first-order valence-electron chi connectivity index (χ1n) is 9.46. The normalized spacial score (nSPS) is 24.9. The molecule has 1 N–H and O–H groups in total. The van der Waals surface area contributed by atoms with Crippen LogP contribution >= 0.6 is 0 Å². The molecule has 2 aliphatic rings. The lowest BCUT2D eigenvalue weighted by Gasteiger charge is -2.30. The zero-order valence-corrected chi connectivity index (χ0v) is 14.7. The molecule has 0 fully saturated rings. The largest absolute Gasteiger partial charge is 0.385 e. The average Bonchev–Trinajstić information content (AvgIpc) is 2.95. The Hall–Kier alpha value is -2.97. The summed E-state index contributed by atoms with van der Waals surface area (Å²) in [7, 11) is 0. The highest BCUT2D eigenvalue weighted by Crippen LogP contribution is 2.51. The average molecular weight is 350 g/mol. The SMILES string of the molecule is O=CC(O)C1C(c2ccc3ccc4cccc5ccc2c3c45)=CC2C=CC21. The van der Waals surface area contributed by atoms with Crippen molar-refractivity contribution in [1.29, 1.82) is 0 Å². The van der Waals surface area contributed by atoms with Crippen molar-refractivity contribution in [2.45, 2.75) is 6.10 Å². The Bertz CT molecular complexity index is 1260. The van der Waals surface area contributed by atoms with Crippen molar-refractivity contribution in [1.82, 2.24) is 0 Å². The van der Waals surface area contributed by atoms with Gasteiger partial charge in [0.05, 0.1) is 0 Å². The molecule has 0 bridgehead atoms. The summed E-state index contributed by atoms with van der Waals surface area (Å²) < 4.78 is 0. The summed E-state index contributed by atoms with van der Waals surface area (Å²) in [5, 5.41) is 17.9. The summed E-state index contributed by atoms with van der Waals surface area (Å²) >= 11 is 0. The lowest BCUT2D eigenvalue weighted by molar-refractivity contribution is -0.116. The molecule has 2 nitrogen and oxygen atoms in total. The van der Waals surface area contributed by atoms with Gasteiger partial charge in [0.15, 0.2) is 0 Å². The number of aliphatic hydroxyl groups is 1. The zero-order chi connectivity index (χ0) is 18.1. The van der Waals surface area contributed by atoms with E-state index in [1.807, 2.05) is 0 Å². The molecule has 0 saturated carbocycles. The van der Waals surface area contributed by atoms with Gasteiger partial charge < -0.3 is 9.90 Å². The Morgan fingerprint density at radius 1 is 0.852 bits per heavy atom. The summed E-state index contributed by atoms with van der Waals surface area (Å²) in [6.07, 6.45) is 6.26. The van der Waals surface area contributed by atoms with Gasteiger partial charge in [-0.1, -0.05) is 72.8 Å². The smallest absolute Gasteiger partial charge is 0.149 e. The molecule has 27 heavy (non-hydrogen) atoms. The third-order valence-corrected chi connectivity index (χ3v) is 6.49. The van der Waals surface area contributed by atoms with E-state index in [2.05, 4.69) is 72.8 Å². The molecule has 4 aromatic carbocycles. The van der Waals surface area contributed by atoms with Gasteiger partial charge in [0.25, 0.3) is 0 Å². The third-order valence-electron chi connectivity index (χ3n) is 6.49. The Labute approximate surface area is 156 Å². The van der Waals surface area contributed by atoms with Crippen molar-refractivity contribution in [3.63, 3.8) is 0 Å². The van der Waals surface area contributed by atoms with E-state index in [9.17, 15) is 9.90 Å². The summed E-state index contributed by atoms with van der Waals surface area (Å²) in [5.74, 6) is 0.410. The first kappa shape index (κ1) is 15.1. The Morgan fingerprint density at radius 3 is 2.26 bits per heavy atom. The highest BCUT2D eigenvalue weighted by Gasteiger charge is 2.43. The quantitative estimate of drug-likeness (QED) is 0.322. The van der Waals surface area contributed by atoms with Crippen molar-refractivity contribution in [3.8, 4) is 0 Å². The number of carbonyl (C=O) groups is 1. The highest BCUT2D eigenvalue weighted by molar-refractivity contribution is 6.24. The minimum absolute atomic E-state index is 0.157. The summed E-state index contributed by atoms with van der Waals surface area (Å²) in [4.78, 5) is 11.4. The van der Waals surface area contributed by atoms with E-state index in [-0.39, 0.29) is 11.8 Å². The molecule has 2 heteroatoms. The Morgan fingerprint density at radius 2 is 1.56 bits per heavy atom. The van der Waals surface area contributed by atoms with Crippen LogP contribution in [-0.2, 0) is 4.79 Å². The van der Waals surface area contributed by atoms with Crippen molar-refractivity contribution in [2.75, 3.05) is 0 Å². The molecule has 4 atom stereocenters. The molecule has 6 rings (SSSR count). The van der Waals surface area contributed by atoms with Crippen molar-refractivity contribution in [3.05, 3.63) is 78.4 Å². The first-order chi connectivity index (χ1) is 13.3. The summed E-state index contributed by atoms with van der Waals surface area (Å²) in [6, 6.07) is 19.5. The molecule has 0 spiro atoms. The van der Waals surface area contributed by atoms with Crippen LogP contribution in [0.5, 0.6) is 0 Å². The van der Waals surface area contributed by atoms with Gasteiger partial charge in [-0.2, -0.15) is 0 Å². The molecule has 130 valence electrons. The zero-order valence-electron chi connectivity index (χ0n) is 14.7. The number of rotatable bonds is 3. The minimum Gasteiger partial charge on any atom is -0.385 e. The van der Waals surface area contributed by atoms with E-state index in [0.717, 1.165) is 11.1 Å². The van der Waals surface area contributed by atoms with Gasteiger partial charge >= 0.3 is 0 Å². The van der Waals surface area contributed by atoms with Crippen molar-refractivity contribution < 1.29 is 9.90 Å². The predicted molar refractivity (Wildman–Crippen MR) is 110 cm³/mol. The number of aliphatic hydroxyl groups excluding tert-OH is 1. The van der Waals surface area contributed by atoms with Gasteiger partial charge in [-0.15, -0.1) is 0 Å². The number of carbonyl (C=O) groups excluding carboxylic acids is 1. The monoisotopic (exact) mass is 350 g/mol. The maximum atomic E-state index is 11.4. The molecule has 4 unspecified atom stereocenters. The molecule has 0 radical (unpaired) electrons. The van der Waals surface area contributed by atoms with Gasteiger partial charge in [-0.25, -0.2) is 0 Å². The van der Waals surface area contributed by atoms with Crippen LogP contribution in [0.25, 0.3) is 37.9 Å². The fraction of sp³-hybridized carbons (Fsp3) is 0.160. The molecular formula is C25H18O2. The first-order valence-corrected chi connectivity index (χ1v) is 9.46. The third kappa shape index (κ3) is 1.91. The highest BCUT2D eigenvalue weighted by atomic mass is 16.3. The molecule has 0 saturated heterocycles. The van der Waals surface area contributed by atoms with Crippen LogP contribution in [0.15, 0.2) is 72.8 Å². The summed E-state index contributed by atoms with van der Waals surface area (Å²) in [6.45, 7) is 0. The van der Waals surface area contributed by atoms with E-state index in [0.29, 0.717) is 12.2 Å². The van der Waals surface area contributed by atoms with Crippen LogP contribution in [0.2, 0.25) is 0 Å². The van der Waals surface area contributed by atoms with E-state index < -0.39 is 6.10 Å². The van der Waals surface area contributed by atoms with Crippen LogP contribution in [0.4, 0.5) is 0 Å². The molecule has 0 aliphatic heterocycles. The Balaban J connectivity index is 1.67. The standard InChI is InChI=1S/C25H18O2/c26-13-22(27)25-18-9-8-17(18)12-21(25)19-10-6-16-5-4-14-2-1-3-15-7-11-20(19)24(16)23(14)15/h1-13,17-18,22,25,27H. The Kier molecular flexibility index (Phi) is 2.95. The maximum absolute atomic E-state index is 11.4. The van der Waals surface area contributed by atoms with Gasteiger partial charge in [-0.05, 0) is 49.4 Å². The minimum atomic E-state index is -0.963. The number of benzene rings is 4. The van der Waals surface area contributed by atoms with Crippen LogP contribution in [0.3, 0.4) is 0 Å². The molecule has 2 aliphatic carbocycles. The second-order valence-corrected chi connectivity index (χ2v) is 7.78. The number of aldehydes is 1. The fourth-order valence-corrected chi connectivity index (χ4v) is 5.17. The fourth-order valence-electron chi connectivity index (χ4n) is 5.17. The number of hydrogen-bond acceptors (Lipinski definition) is 2.